The highest BCUT2D eigenvalue weighted by Gasteiger charge is 2.15. The zero-order chi connectivity index (χ0) is 13.3. The molecule has 0 saturated carbocycles. The summed E-state index contributed by atoms with van der Waals surface area (Å²) >= 11 is 0. The highest BCUT2D eigenvalue weighted by atomic mass is 16.5. The molecule has 94 valence electrons. The van der Waals surface area contributed by atoms with Gasteiger partial charge in [0.1, 0.15) is 11.4 Å². The van der Waals surface area contributed by atoms with Crippen LogP contribution in [0.3, 0.4) is 0 Å². The molecule has 0 aliphatic heterocycles. The lowest BCUT2D eigenvalue weighted by molar-refractivity contribution is 0.0652. The predicted octanol–water partition coefficient (Wildman–Crippen LogP) is 2.87. The van der Waals surface area contributed by atoms with Crippen LogP contribution in [0.5, 0.6) is 5.75 Å². The van der Waals surface area contributed by atoms with Crippen LogP contribution in [-0.2, 0) is 0 Å². The summed E-state index contributed by atoms with van der Waals surface area (Å²) in [5, 5.41) is 22.3. The van der Waals surface area contributed by atoms with Crippen LogP contribution in [-0.4, -0.2) is 21.3 Å². The molecule has 0 unspecified atom stereocenters. The summed E-state index contributed by atoms with van der Waals surface area (Å²) in [6.45, 7) is 4.04. The quantitative estimate of drug-likeness (QED) is 0.871. The lowest BCUT2D eigenvalue weighted by Gasteiger charge is -2.07. The van der Waals surface area contributed by atoms with Crippen molar-refractivity contribution in [3.8, 4) is 17.0 Å². The van der Waals surface area contributed by atoms with Gasteiger partial charge in [0.05, 0.1) is 0 Å². The third-order valence-electron chi connectivity index (χ3n) is 2.69. The fraction of sp³-hybridized carbons (Fsp3) is 0.231. The van der Waals surface area contributed by atoms with Gasteiger partial charge in [-0.1, -0.05) is 25.1 Å². The Kier molecular flexibility index (Phi) is 3.06. The number of nitrogens with zero attached hydrogens (tertiary/aromatic N) is 1. The number of carbonyl (C=O) groups is 1. The van der Waals surface area contributed by atoms with Crippen LogP contribution in [0.25, 0.3) is 11.3 Å². The highest BCUT2D eigenvalue weighted by Crippen LogP contribution is 2.31. The SMILES string of the molecule is CC(C)c1ccc(-c2cc(C(=O)O)on2)c(O)c1. The molecular formula is C13H13NO4. The maximum Gasteiger partial charge on any atom is 0.374 e. The average molecular weight is 247 g/mol. The van der Waals surface area contributed by atoms with E-state index >= 15 is 0 Å². The standard InChI is InChI=1S/C13H13NO4/c1-7(2)8-3-4-9(11(15)5-8)10-6-12(13(16)17)18-14-10/h3-7,15H,1-2H3,(H,16,17). The van der Waals surface area contributed by atoms with Crippen molar-refractivity contribution in [2.45, 2.75) is 19.8 Å². The van der Waals surface area contributed by atoms with E-state index in [1.165, 1.54) is 6.07 Å². The van der Waals surface area contributed by atoms with Gasteiger partial charge in [0, 0.05) is 11.6 Å². The van der Waals surface area contributed by atoms with Gasteiger partial charge in [-0.05, 0) is 23.6 Å². The number of hydrogen-bond acceptors (Lipinski definition) is 4. The van der Waals surface area contributed by atoms with Gasteiger partial charge >= 0.3 is 5.97 Å². The van der Waals surface area contributed by atoms with Crippen molar-refractivity contribution < 1.29 is 19.5 Å². The Bertz CT molecular complexity index is 586. The van der Waals surface area contributed by atoms with Gasteiger partial charge in [-0.15, -0.1) is 0 Å². The summed E-state index contributed by atoms with van der Waals surface area (Å²) in [6.07, 6.45) is 0. The minimum atomic E-state index is -1.19. The molecular weight excluding hydrogens is 234 g/mol. The lowest BCUT2D eigenvalue weighted by atomic mass is 10.00. The van der Waals surface area contributed by atoms with Gasteiger partial charge in [-0.2, -0.15) is 0 Å². The van der Waals surface area contributed by atoms with Gasteiger partial charge < -0.3 is 14.7 Å². The molecule has 0 spiro atoms. The number of phenols is 1. The molecule has 0 fully saturated rings. The molecule has 1 aromatic carbocycles. The van der Waals surface area contributed by atoms with E-state index in [2.05, 4.69) is 9.68 Å². The van der Waals surface area contributed by atoms with E-state index in [0.717, 1.165) is 5.56 Å². The summed E-state index contributed by atoms with van der Waals surface area (Å²) in [5.74, 6) is -1.08. The predicted molar refractivity (Wildman–Crippen MR) is 64.7 cm³/mol. The fourth-order valence-corrected chi connectivity index (χ4v) is 1.63. The molecule has 0 amide bonds. The number of benzene rings is 1. The van der Waals surface area contributed by atoms with Gasteiger partial charge in [0.15, 0.2) is 0 Å². The maximum atomic E-state index is 10.7. The topological polar surface area (TPSA) is 83.6 Å². The van der Waals surface area contributed by atoms with E-state index in [1.54, 1.807) is 12.1 Å². The minimum Gasteiger partial charge on any atom is -0.507 e. The van der Waals surface area contributed by atoms with Crippen LogP contribution < -0.4 is 0 Å². The van der Waals surface area contributed by atoms with E-state index in [4.69, 9.17) is 5.11 Å². The monoisotopic (exact) mass is 247 g/mol. The van der Waals surface area contributed by atoms with E-state index in [9.17, 15) is 9.90 Å². The molecule has 5 nitrogen and oxygen atoms in total. The molecule has 2 aromatic rings. The second-order valence-electron chi connectivity index (χ2n) is 4.31. The first-order chi connectivity index (χ1) is 8.49. The largest absolute Gasteiger partial charge is 0.507 e. The molecule has 1 aromatic heterocycles. The first-order valence-corrected chi connectivity index (χ1v) is 5.52. The minimum absolute atomic E-state index is 0.0615. The van der Waals surface area contributed by atoms with E-state index in [0.29, 0.717) is 17.2 Å². The van der Waals surface area contributed by atoms with Gasteiger partial charge in [0.2, 0.25) is 5.76 Å². The van der Waals surface area contributed by atoms with Gasteiger partial charge in [0.25, 0.3) is 0 Å². The van der Waals surface area contributed by atoms with Crippen molar-refractivity contribution in [3.05, 3.63) is 35.6 Å². The Morgan fingerprint density at radius 1 is 1.33 bits per heavy atom. The Labute approximate surface area is 104 Å². The summed E-state index contributed by atoms with van der Waals surface area (Å²) in [7, 11) is 0. The highest BCUT2D eigenvalue weighted by molar-refractivity contribution is 5.86. The first kappa shape index (κ1) is 12.2. The summed E-state index contributed by atoms with van der Waals surface area (Å²) in [6, 6.07) is 6.50. The Morgan fingerprint density at radius 3 is 2.56 bits per heavy atom. The summed E-state index contributed by atoms with van der Waals surface area (Å²) in [5.41, 5.74) is 1.76. The van der Waals surface area contributed by atoms with Gasteiger partial charge in [-0.25, -0.2) is 4.79 Å². The number of carboxylic acid groups (broad SMARTS) is 1. The van der Waals surface area contributed by atoms with Crippen molar-refractivity contribution in [3.63, 3.8) is 0 Å². The smallest absolute Gasteiger partial charge is 0.374 e. The Hall–Kier alpha value is -2.30. The van der Waals surface area contributed by atoms with Crippen molar-refractivity contribution in [1.29, 1.82) is 0 Å². The Balaban J connectivity index is 2.41. The normalized spacial score (nSPS) is 10.8. The number of aromatic hydroxyl groups is 1. The molecule has 0 aliphatic rings. The number of phenolic OH excluding ortho intramolecular Hbond substituents is 1. The molecule has 0 radical (unpaired) electrons. The molecule has 0 bridgehead atoms. The van der Waals surface area contributed by atoms with Crippen molar-refractivity contribution in [2.75, 3.05) is 0 Å². The second-order valence-corrected chi connectivity index (χ2v) is 4.31. The van der Waals surface area contributed by atoms with Crippen LogP contribution in [0.1, 0.15) is 35.9 Å². The zero-order valence-corrected chi connectivity index (χ0v) is 10.0. The second kappa shape index (κ2) is 4.52. The van der Waals surface area contributed by atoms with E-state index in [1.807, 2.05) is 19.9 Å². The van der Waals surface area contributed by atoms with E-state index < -0.39 is 5.97 Å². The van der Waals surface area contributed by atoms with Crippen LogP contribution in [0.15, 0.2) is 28.8 Å². The number of carboxylic acids is 1. The molecule has 5 heteroatoms. The lowest BCUT2D eigenvalue weighted by Crippen LogP contribution is -1.91. The fourth-order valence-electron chi connectivity index (χ4n) is 1.63. The summed E-state index contributed by atoms with van der Waals surface area (Å²) in [4.78, 5) is 10.7. The number of aromatic nitrogens is 1. The van der Waals surface area contributed by atoms with Crippen molar-refractivity contribution in [2.24, 2.45) is 0 Å². The number of hydrogen-bond donors (Lipinski definition) is 2. The van der Waals surface area contributed by atoms with Gasteiger partial charge in [-0.3, -0.25) is 0 Å². The number of aromatic carboxylic acids is 1. The van der Waals surface area contributed by atoms with Crippen molar-refractivity contribution in [1.82, 2.24) is 5.16 Å². The van der Waals surface area contributed by atoms with Crippen LogP contribution in [0.4, 0.5) is 0 Å². The maximum absolute atomic E-state index is 10.7. The van der Waals surface area contributed by atoms with Crippen LogP contribution >= 0.6 is 0 Å². The van der Waals surface area contributed by atoms with Crippen LogP contribution in [0, 0.1) is 0 Å². The first-order valence-electron chi connectivity index (χ1n) is 5.52. The molecule has 2 N–H and O–H groups in total. The molecule has 18 heavy (non-hydrogen) atoms. The average Bonchev–Trinajstić information content (AvgIpc) is 2.78. The molecule has 0 atom stereocenters. The van der Waals surface area contributed by atoms with Crippen molar-refractivity contribution >= 4 is 5.97 Å². The third kappa shape index (κ3) is 2.20. The van der Waals surface area contributed by atoms with E-state index in [-0.39, 0.29) is 11.5 Å². The third-order valence-corrected chi connectivity index (χ3v) is 2.69. The zero-order valence-electron chi connectivity index (χ0n) is 10.0. The molecule has 0 saturated heterocycles. The van der Waals surface area contributed by atoms with Crippen LogP contribution in [0.2, 0.25) is 0 Å². The molecule has 2 rings (SSSR count). The Morgan fingerprint density at radius 2 is 2.06 bits per heavy atom. The molecule has 1 heterocycles. The summed E-state index contributed by atoms with van der Waals surface area (Å²) < 4.78 is 4.65. The molecule has 0 aliphatic carbocycles. The number of rotatable bonds is 3.